The van der Waals surface area contributed by atoms with Gasteiger partial charge in [0.1, 0.15) is 0 Å². The molecule has 1 radical (unpaired) electrons. The second-order valence-electron chi connectivity index (χ2n) is 2.00. The second kappa shape index (κ2) is 4.15. The van der Waals surface area contributed by atoms with Crippen LogP contribution in [0.25, 0.3) is 0 Å². The molecule has 0 aliphatic carbocycles. The largest absolute Gasteiger partial charge is 0.399 e. The Kier molecular flexibility index (Phi) is 3.16. The van der Waals surface area contributed by atoms with Crippen LogP contribution in [0.4, 0.5) is 4.79 Å². The molecule has 0 atom stereocenters. The summed E-state index contributed by atoms with van der Waals surface area (Å²) in [5.74, 6) is 1.05. The Morgan fingerprint density at radius 1 is 1.92 bits per heavy atom. The van der Waals surface area contributed by atoms with Crippen LogP contribution in [-0.4, -0.2) is 20.8 Å². The van der Waals surface area contributed by atoms with Crippen molar-refractivity contribution < 1.29 is 9.53 Å². The van der Waals surface area contributed by atoms with Crippen molar-refractivity contribution in [3.63, 3.8) is 0 Å². The Morgan fingerprint density at radius 2 is 2.67 bits per heavy atom. The summed E-state index contributed by atoms with van der Waals surface area (Å²) < 4.78 is 6.35. The third-order valence-corrected chi connectivity index (χ3v) is 1.76. The molecule has 12 heavy (non-hydrogen) atoms. The first-order valence-electron chi connectivity index (χ1n) is 3.48. The minimum Gasteiger partial charge on any atom is -0.399 e. The summed E-state index contributed by atoms with van der Waals surface area (Å²) in [4.78, 5) is 10.9. The maximum Gasteiger partial charge on any atom is 0.374 e. The number of aromatic nitrogens is 2. The molecule has 4 nitrogen and oxygen atoms in total. The zero-order chi connectivity index (χ0) is 8.97. The molecule has 0 bridgehead atoms. The van der Waals surface area contributed by atoms with Crippen LogP contribution < -0.4 is 4.74 Å². The van der Waals surface area contributed by atoms with Crippen molar-refractivity contribution in [2.24, 2.45) is 7.05 Å². The van der Waals surface area contributed by atoms with E-state index in [1.165, 1.54) is 10.9 Å². The first kappa shape index (κ1) is 9.12. The van der Waals surface area contributed by atoms with E-state index in [9.17, 15) is 4.79 Å². The van der Waals surface area contributed by atoms with E-state index in [-0.39, 0.29) is 5.30 Å². The van der Waals surface area contributed by atoms with Crippen molar-refractivity contribution in [1.82, 2.24) is 9.78 Å². The van der Waals surface area contributed by atoms with Gasteiger partial charge in [-0.1, -0.05) is 6.92 Å². The summed E-state index contributed by atoms with van der Waals surface area (Å²) in [6, 6.07) is 2.69. The molecular formula is C7H9N2O2S. The third kappa shape index (κ3) is 2.27. The van der Waals surface area contributed by atoms with Crippen molar-refractivity contribution in [2.45, 2.75) is 6.92 Å². The normalized spacial score (nSPS) is 9.83. The van der Waals surface area contributed by atoms with Crippen LogP contribution >= 0.6 is 11.8 Å². The summed E-state index contributed by atoms with van der Waals surface area (Å²) in [6.07, 6.45) is 1.46. The SMILES string of the molecule is CCSC(=O)Oc1[c]cnn1C. The molecule has 0 saturated carbocycles. The zero-order valence-corrected chi connectivity index (χ0v) is 7.72. The number of aryl methyl sites for hydroxylation is 1. The average molecular weight is 185 g/mol. The lowest BCUT2D eigenvalue weighted by Gasteiger charge is -2.00. The van der Waals surface area contributed by atoms with Gasteiger partial charge in [-0.05, 0) is 11.8 Å². The van der Waals surface area contributed by atoms with Gasteiger partial charge in [0.05, 0.1) is 12.3 Å². The average Bonchev–Trinajstić information content (AvgIpc) is 2.37. The van der Waals surface area contributed by atoms with Crippen molar-refractivity contribution in [3.05, 3.63) is 12.3 Å². The molecule has 0 saturated heterocycles. The molecule has 0 aliphatic heterocycles. The number of hydrogen-bond donors (Lipinski definition) is 0. The molecule has 1 aromatic rings. The van der Waals surface area contributed by atoms with Gasteiger partial charge in [-0.3, -0.25) is 0 Å². The summed E-state index contributed by atoms with van der Waals surface area (Å²) >= 11 is 1.12. The monoisotopic (exact) mass is 185 g/mol. The highest BCUT2D eigenvalue weighted by Crippen LogP contribution is 2.11. The molecular weight excluding hydrogens is 176 g/mol. The highest BCUT2D eigenvalue weighted by atomic mass is 32.2. The lowest BCUT2D eigenvalue weighted by Crippen LogP contribution is -2.05. The van der Waals surface area contributed by atoms with Gasteiger partial charge in [0, 0.05) is 12.8 Å². The number of thioether (sulfide) groups is 1. The first-order valence-corrected chi connectivity index (χ1v) is 4.47. The molecule has 0 N–H and O–H groups in total. The Bertz CT molecular complexity index is 272. The number of ether oxygens (including phenoxy) is 1. The predicted molar refractivity (Wildman–Crippen MR) is 46.2 cm³/mol. The van der Waals surface area contributed by atoms with E-state index < -0.39 is 0 Å². The van der Waals surface area contributed by atoms with Crippen molar-refractivity contribution >= 4 is 17.1 Å². The van der Waals surface area contributed by atoms with E-state index in [0.29, 0.717) is 11.6 Å². The Morgan fingerprint density at radius 3 is 3.17 bits per heavy atom. The Hall–Kier alpha value is -0.970. The van der Waals surface area contributed by atoms with Crippen LogP contribution in [0, 0.1) is 6.07 Å². The summed E-state index contributed by atoms with van der Waals surface area (Å²) in [5, 5.41) is 3.48. The topological polar surface area (TPSA) is 44.1 Å². The van der Waals surface area contributed by atoms with Crippen molar-refractivity contribution in [1.29, 1.82) is 0 Å². The van der Waals surface area contributed by atoms with Gasteiger partial charge >= 0.3 is 5.30 Å². The van der Waals surface area contributed by atoms with Crippen LogP contribution in [-0.2, 0) is 7.05 Å². The number of carbonyl (C=O) groups is 1. The predicted octanol–water partition coefficient (Wildman–Crippen LogP) is 1.47. The zero-order valence-electron chi connectivity index (χ0n) is 6.90. The fraction of sp³-hybridized carbons (Fsp3) is 0.429. The highest BCUT2D eigenvalue weighted by Gasteiger charge is 2.06. The Balaban J connectivity index is 2.52. The van der Waals surface area contributed by atoms with Crippen LogP contribution in [0.2, 0.25) is 0 Å². The molecule has 5 heteroatoms. The molecule has 65 valence electrons. The Labute approximate surface area is 74.9 Å². The van der Waals surface area contributed by atoms with Gasteiger partial charge in [0.25, 0.3) is 0 Å². The fourth-order valence-corrected chi connectivity index (χ4v) is 1.01. The third-order valence-electron chi connectivity index (χ3n) is 1.16. The van der Waals surface area contributed by atoms with Gasteiger partial charge in [0.15, 0.2) is 0 Å². The van der Waals surface area contributed by atoms with E-state index in [1.807, 2.05) is 6.92 Å². The lowest BCUT2D eigenvalue weighted by atomic mass is 10.7. The summed E-state index contributed by atoms with van der Waals surface area (Å²) in [5.41, 5.74) is 0. The molecule has 0 fully saturated rings. The highest BCUT2D eigenvalue weighted by molar-refractivity contribution is 8.13. The molecule has 1 heterocycles. The van der Waals surface area contributed by atoms with Gasteiger partial charge in [-0.15, -0.1) is 0 Å². The van der Waals surface area contributed by atoms with Gasteiger partial charge in [-0.25, -0.2) is 9.48 Å². The molecule has 1 rings (SSSR count). The molecule has 0 aliphatic rings. The van der Waals surface area contributed by atoms with Crippen LogP contribution in [0.5, 0.6) is 5.88 Å². The summed E-state index contributed by atoms with van der Waals surface area (Å²) in [6.45, 7) is 1.89. The van der Waals surface area contributed by atoms with Crippen LogP contribution in [0.1, 0.15) is 6.92 Å². The fourth-order valence-electron chi connectivity index (χ4n) is 0.638. The quantitative estimate of drug-likeness (QED) is 0.654. The minimum atomic E-state index is -0.322. The number of nitrogens with zero attached hydrogens (tertiary/aromatic N) is 2. The van der Waals surface area contributed by atoms with Gasteiger partial charge in [-0.2, -0.15) is 5.10 Å². The number of hydrogen-bond acceptors (Lipinski definition) is 4. The maximum atomic E-state index is 10.9. The molecule has 0 amide bonds. The summed E-state index contributed by atoms with van der Waals surface area (Å²) in [7, 11) is 1.69. The van der Waals surface area contributed by atoms with Gasteiger partial charge in [0.2, 0.25) is 5.88 Å². The minimum absolute atomic E-state index is 0.322. The van der Waals surface area contributed by atoms with Gasteiger partial charge < -0.3 is 4.74 Å². The van der Waals surface area contributed by atoms with Crippen molar-refractivity contribution in [3.8, 4) is 5.88 Å². The number of carbonyl (C=O) groups excluding carboxylic acids is 1. The van der Waals surface area contributed by atoms with Crippen LogP contribution in [0.15, 0.2) is 6.20 Å². The van der Waals surface area contributed by atoms with E-state index in [4.69, 9.17) is 4.74 Å². The smallest absolute Gasteiger partial charge is 0.374 e. The van der Waals surface area contributed by atoms with E-state index in [2.05, 4.69) is 11.2 Å². The lowest BCUT2D eigenvalue weighted by molar-refractivity contribution is 0.223. The standard InChI is InChI=1S/C7H9N2O2S/c1-3-12-7(10)11-6-4-5-8-9(6)2/h5H,3H2,1-2H3. The van der Waals surface area contributed by atoms with Crippen molar-refractivity contribution in [2.75, 3.05) is 5.75 Å². The first-order chi connectivity index (χ1) is 5.74. The molecule has 0 aromatic carbocycles. The second-order valence-corrected chi connectivity index (χ2v) is 3.20. The number of rotatable bonds is 2. The molecule has 0 spiro atoms. The van der Waals surface area contributed by atoms with E-state index in [0.717, 1.165) is 11.8 Å². The van der Waals surface area contributed by atoms with E-state index in [1.54, 1.807) is 7.05 Å². The molecule has 1 aromatic heterocycles. The van der Waals surface area contributed by atoms with Crippen LogP contribution in [0.3, 0.4) is 0 Å². The maximum absolute atomic E-state index is 10.9. The van der Waals surface area contributed by atoms with E-state index >= 15 is 0 Å². The molecule has 0 unspecified atom stereocenters.